The van der Waals surface area contributed by atoms with E-state index in [9.17, 15) is 19.5 Å². The van der Waals surface area contributed by atoms with Crippen molar-refractivity contribution in [1.29, 1.82) is 0 Å². The Morgan fingerprint density at radius 3 is 2.27 bits per heavy atom. The average molecular weight is 560 g/mol. The number of H-pyrrole nitrogens is 1. The number of likely N-dealkylation sites (tertiary alicyclic amines) is 1. The highest BCUT2D eigenvalue weighted by Gasteiger charge is 2.35. The lowest BCUT2D eigenvalue weighted by Crippen LogP contribution is -2.52. The van der Waals surface area contributed by atoms with Gasteiger partial charge >= 0.3 is 18.2 Å². The van der Waals surface area contributed by atoms with Gasteiger partial charge in [-0.2, -0.15) is 0 Å². The minimum Gasteiger partial charge on any atom is -0.478 e. The highest BCUT2D eigenvalue weighted by molar-refractivity contribution is 5.89. The van der Waals surface area contributed by atoms with Gasteiger partial charge in [-0.15, -0.1) is 0 Å². The maximum atomic E-state index is 13.8. The second-order valence-electron chi connectivity index (χ2n) is 11.8. The monoisotopic (exact) mass is 559 g/mol. The minimum absolute atomic E-state index is 0.0934. The Hall–Kier alpha value is -4.27. The first-order valence-corrected chi connectivity index (χ1v) is 14.0. The van der Waals surface area contributed by atoms with Gasteiger partial charge < -0.3 is 24.5 Å². The normalized spacial score (nSPS) is 16.6. The number of ether oxygens (including phenoxy) is 2. The fraction of sp³-hybridized carbons (Fsp3) is 0.406. The minimum atomic E-state index is -1.04. The summed E-state index contributed by atoms with van der Waals surface area (Å²) in [7, 11) is 0. The molecule has 9 heteroatoms. The van der Waals surface area contributed by atoms with Gasteiger partial charge in [0.25, 0.3) is 0 Å². The van der Waals surface area contributed by atoms with Crippen LogP contribution in [0.4, 0.5) is 9.59 Å². The zero-order chi connectivity index (χ0) is 29.3. The lowest BCUT2D eigenvalue weighted by Gasteiger charge is -2.39. The van der Waals surface area contributed by atoms with Crippen LogP contribution in [-0.2, 0) is 16.0 Å². The molecule has 1 saturated heterocycles. The summed E-state index contributed by atoms with van der Waals surface area (Å²) in [6.07, 6.45) is 0.446. The molecule has 2 heterocycles. The van der Waals surface area contributed by atoms with Crippen molar-refractivity contribution in [2.45, 2.75) is 64.6 Å². The van der Waals surface area contributed by atoms with Crippen LogP contribution < -0.4 is 0 Å². The van der Waals surface area contributed by atoms with Gasteiger partial charge in [-0.05, 0) is 68.9 Å². The Morgan fingerprint density at radius 2 is 1.68 bits per heavy atom. The second-order valence-corrected chi connectivity index (χ2v) is 11.8. The van der Waals surface area contributed by atoms with Crippen molar-refractivity contribution in [2.75, 3.05) is 19.7 Å². The second kappa shape index (κ2) is 11.3. The number of piperidine rings is 1. The lowest BCUT2D eigenvalue weighted by atomic mass is 9.98. The molecule has 3 aromatic rings. The quantitative estimate of drug-likeness (QED) is 0.373. The van der Waals surface area contributed by atoms with E-state index in [0.29, 0.717) is 37.3 Å². The summed E-state index contributed by atoms with van der Waals surface area (Å²) in [5.74, 6) is -1.13. The number of carboxylic acid groups (broad SMARTS) is 1. The molecule has 2 aromatic carbocycles. The molecular weight excluding hydrogens is 522 g/mol. The number of rotatable bonds is 6. The van der Waals surface area contributed by atoms with E-state index < -0.39 is 23.8 Å². The highest BCUT2D eigenvalue weighted by atomic mass is 16.6. The van der Waals surface area contributed by atoms with E-state index in [-0.39, 0.29) is 30.7 Å². The summed E-state index contributed by atoms with van der Waals surface area (Å²) in [5, 5.41) is 9.54. The van der Waals surface area contributed by atoms with E-state index in [0.717, 1.165) is 22.3 Å². The zero-order valence-corrected chi connectivity index (χ0v) is 24.0. The van der Waals surface area contributed by atoms with Gasteiger partial charge in [0.15, 0.2) is 0 Å². The number of aromatic carboxylic acids is 1. The van der Waals surface area contributed by atoms with E-state index in [2.05, 4.69) is 29.2 Å². The first kappa shape index (κ1) is 28.3. The highest BCUT2D eigenvalue weighted by Crippen LogP contribution is 2.44. The summed E-state index contributed by atoms with van der Waals surface area (Å²) < 4.78 is 11.6. The predicted octanol–water partition coefficient (Wildman–Crippen LogP) is 6.17. The fourth-order valence-electron chi connectivity index (χ4n) is 5.84. The molecule has 1 fully saturated rings. The molecule has 0 radical (unpaired) electrons. The first-order chi connectivity index (χ1) is 19.5. The third-order valence-electron chi connectivity index (χ3n) is 7.70. The molecule has 41 heavy (non-hydrogen) atoms. The van der Waals surface area contributed by atoms with Crippen LogP contribution in [0.1, 0.15) is 72.4 Å². The first-order valence-electron chi connectivity index (χ1n) is 14.0. The number of benzene rings is 2. The maximum absolute atomic E-state index is 13.8. The third kappa shape index (κ3) is 6.09. The van der Waals surface area contributed by atoms with E-state index in [4.69, 9.17) is 9.47 Å². The topological polar surface area (TPSA) is 112 Å². The standard InChI is InChI=1S/C32H37N3O6/c1-20-27(29(36)37)16-21(33-20)17-35(22-10-9-15-34(18-22)30(38)41-32(2,3)4)31(39)40-19-28-25-13-7-5-11-23(25)24-12-6-8-14-26(24)28/h5-8,11-14,16,22,28,33H,9-10,15,17-19H2,1-4H3,(H,36,37)/t22-/m0/s1. The van der Waals surface area contributed by atoms with Crippen LogP contribution >= 0.6 is 0 Å². The number of nitrogens with zero attached hydrogens (tertiary/aromatic N) is 2. The van der Waals surface area contributed by atoms with Crippen LogP contribution in [0.15, 0.2) is 54.6 Å². The fourth-order valence-corrected chi connectivity index (χ4v) is 5.84. The molecular formula is C32H37N3O6. The van der Waals surface area contributed by atoms with Gasteiger partial charge in [0.05, 0.1) is 18.2 Å². The van der Waals surface area contributed by atoms with Crippen molar-refractivity contribution in [3.05, 3.63) is 82.7 Å². The number of nitrogens with one attached hydrogen (secondary N) is 1. The number of fused-ring (bicyclic) bond motifs is 3. The Labute approximate surface area is 240 Å². The van der Waals surface area contributed by atoms with Gasteiger partial charge in [0.1, 0.15) is 12.2 Å². The van der Waals surface area contributed by atoms with Crippen molar-refractivity contribution >= 4 is 18.2 Å². The van der Waals surface area contributed by atoms with Crippen molar-refractivity contribution in [3.8, 4) is 11.1 Å². The zero-order valence-electron chi connectivity index (χ0n) is 24.0. The molecule has 0 saturated carbocycles. The largest absolute Gasteiger partial charge is 0.478 e. The number of amides is 2. The van der Waals surface area contributed by atoms with Crippen LogP contribution in [0, 0.1) is 6.92 Å². The molecule has 1 aliphatic heterocycles. The molecule has 0 spiro atoms. The van der Waals surface area contributed by atoms with E-state index in [1.54, 1.807) is 22.8 Å². The van der Waals surface area contributed by atoms with Crippen molar-refractivity contribution in [3.63, 3.8) is 0 Å². The molecule has 9 nitrogen and oxygen atoms in total. The number of aryl methyl sites for hydroxylation is 1. The molecule has 1 aromatic heterocycles. The Bertz CT molecular complexity index is 1410. The van der Waals surface area contributed by atoms with Crippen LogP contribution in [0.3, 0.4) is 0 Å². The molecule has 0 bridgehead atoms. The van der Waals surface area contributed by atoms with Crippen LogP contribution in [-0.4, -0.2) is 69.4 Å². The molecule has 0 unspecified atom stereocenters. The molecule has 2 N–H and O–H groups in total. The number of hydrogen-bond acceptors (Lipinski definition) is 5. The molecule has 5 rings (SSSR count). The number of hydrogen-bond donors (Lipinski definition) is 2. The van der Waals surface area contributed by atoms with E-state index in [1.807, 2.05) is 45.0 Å². The maximum Gasteiger partial charge on any atom is 0.410 e. The van der Waals surface area contributed by atoms with E-state index in [1.165, 1.54) is 0 Å². The molecule has 1 atom stereocenters. The Kier molecular flexibility index (Phi) is 7.80. The summed E-state index contributed by atoms with van der Waals surface area (Å²) in [5.41, 5.74) is 5.15. The summed E-state index contributed by atoms with van der Waals surface area (Å²) >= 11 is 0. The lowest BCUT2D eigenvalue weighted by molar-refractivity contribution is 0.00787. The number of aromatic amines is 1. The number of carbonyl (C=O) groups excluding carboxylic acids is 2. The summed E-state index contributed by atoms with van der Waals surface area (Å²) in [4.78, 5) is 44.7. The Balaban J connectivity index is 1.38. The van der Waals surface area contributed by atoms with Gasteiger partial charge in [-0.3, -0.25) is 4.90 Å². The van der Waals surface area contributed by atoms with Crippen molar-refractivity contribution in [1.82, 2.24) is 14.8 Å². The Morgan fingerprint density at radius 1 is 1.05 bits per heavy atom. The number of aromatic nitrogens is 1. The van der Waals surface area contributed by atoms with Crippen molar-refractivity contribution in [2.24, 2.45) is 0 Å². The molecule has 1 aliphatic carbocycles. The van der Waals surface area contributed by atoms with Gasteiger partial charge in [-0.1, -0.05) is 48.5 Å². The number of carboxylic acids is 1. The summed E-state index contributed by atoms with van der Waals surface area (Å²) in [6.45, 7) is 8.27. The van der Waals surface area contributed by atoms with Crippen LogP contribution in [0.25, 0.3) is 11.1 Å². The predicted molar refractivity (Wildman–Crippen MR) is 154 cm³/mol. The molecule has 2 amide bonds. The molecule has 2 aliphatic rings. The third-order valence-corrected chi connectivity index (χ3v) is 7.70. The van der Waals surface area contributed by atoms with Gasteiger partial charge in [0, 0.05) is 30.4 Å². The SMILES string of the molecule is Cc1[nH]c(CN(C(=O)OCC2c3ccccc3-c3ccccc32)[C@H]2CCCN(C(=O)OC(C)(C)C)C2)cc1C(=O)O. The van der Waals surface area contributed by atoms with Crippen LogP contribution in [0.5, 0.6) is 0 Å². The molecule has 216 valence electrons. The number of carbonyl (C=O) groups is 3. The smallest absolute Gasteiger partial charge is 0.410 e. The van der Waals surface area contributed by atoms with Crippen molar-refractivity contribution < 1.29 is 29.0 Å². The van der Waals surface area contributed by atoms with E-state index >= 15 is 0 Å². The van der Waals surface area contributed by atoms with Gasteiger partial charge in [0.2, 0.25) is 0 Å². The van der Waals surface area contributed by atoms with Gasteiger partial charge in [-0.25, -0.2) is 14.4 Å². The van der Waals surface area contributed by atoms with Crippen LogP contribution in [0.2, 0.25) is 0 Å². The average Bonchev–Trinajstić information content (AvgIpc) is 3.47. The summed E-state index contributed by atoms with van der Waals surface area (Å²) in [6, 6.07) is 17.5.